The van der Waals surface area contributed by atoms with Gasteiger partial charge in [0.25, 0.3) is 0 Å². The maximum atomic E-state index is 10.9. The summed E-state index contributed by atoms with van der Waals surface area (Å²) in [4.78, 5) is 15.1. The van der Waals surface area contributed by atoms with Gasteiger partial charge in [-0.1, -0.05) is 64.7 Å². The Morgan fingerprint density at radius 3 is 2.12 bits per heavy atom. The molecule has 2 aromatic carbocycles. The van der Waals surface area contributed by atoms with E-state index in [0.717, 1.165) is 18.9 Å². The molecule has 0 radical (unpaired) electrons. The van der Waals surface area contributed by atoms with Crippen molar-refractivity contribution in [2.24, 2.45) is 4.99 Å². The van der Waals surface area contributed by atoms with E-state index in [1.165, 1.54) is 75.8 Å². The Morgan fingerprint density at radius 2 is 1.53 bits per heavy atom. The van der Waals surface area contributed by atoms with Crippen LogP contribution in [0.1, 0.15) is 87.1 Å². The fourth-order valence-corrected chi connectivity index (χ4v) is 3.41. The first-order valence-electron chi connectivity index (χ1n) is 11.6. The van der Waals surface area contributed by atoms with Gasteiger partial charge in [-0.2, -0.15) is 0 Å². The zero-order chi connectivity index (χ0) is 23.2. The van der Waals surface area contributed by atoms with Gasteiger partial charge in [-0.05, 0) is 36.8 Å². The van der Waals surface area contributed by atoms with Crippen LogP contribution in [0.2, 0.25) is 0 Å². The number of aromatic carboxylic acids is 1. The second kappa shape index (κ2) is 14.1. The number of phenols is 2. The Bertz CT molecular complexity index is 879. The fraction of sp³-hybridized carbons (Fsp3) is 0.462. The first-order chi connectivity index (χ1) is 15.5. The molecule has 0 saturated heterocycles. The second-order valence-electron chi connectivity index (χ2n) is 8.02. The Hall–Kier alpha value is -3.02. The number of carboxylic acid groups (broad SMARTS) is 1. The van der Waals surface area contributed by atoms with Crippen molar-refractivity contribution >= 4 is 17.9 Å². The predicted molar refractivity (Wildman–Crippen MR) is 128 cm³/mol. The molecule has 2 aromatic rings. The van der Waals surface area contributed by atoms with Crippen molar-refractivity contribution in [2.75, 3.05) is 6.61 Å². The molecule has 0 aliphatic heterocycles. The summed E-state index contributed by atoms with van der Waals surface area (Å²) in [5.41, 5.74) is 0.681. The number of phenolic OH excluding ortho intramolecular Hbond substituents is 2. The van der Waals surface area contributed by atoms with Gasteiger partial charge in [-0.25, -0.2) is 4.79 Å². The van der Waals surface area contributed by atoms with Crippen molar-refractivity contribution in [3.8, 4) is 17.2 Å². The summed E-state index contributed by atoms with van der Waals surface area (Å²) in [5, 5.41) is 29.1. The highest BCUT2D eigenvalue weighted by Gasteiger charge is 2.07. The van der Waals surface area contributed by atoms with Crippen LogP contribution < -0.4 is 4.74 Å². The first-order valence-corrected chi connectivity index (χ1v) is 11.6. The van der Waals surface area contributed by atoms with Crippen molar-refractivity contribution in [1.29, 1.82) is 0 Å². The lowest BCUT2D eigenvalue weighted by atomic mass is 10.1. The minimum atomic E-state index is -1.12. The lowest BCUT2D eigenvalue weighted by Gasteiger charge is -2.08. The summed E-state index contributed by atoms with van der Waals surface area (Å²) >= 11 is 0. The topological polar surface area (TPSA) is 99.4 Å². The molecule has 3 N–H and O–H groups in total. The summed E-state index contributed by atoms with van der Waals surface area (Å²) in [6.45, 7) is 2.85. The van der Waals surface area contributed by atoms with Gasteiger partial charge in [0.05, 0.1) is 12.2 Å². The summed E-state index contributed by atoms with van der Waals surface area (Å²) in [7, 11) is 0. The molecule has 0 atom stereocenters. The van der Waals surface area contributed by atoms with Gasteiger partial charge in [0.15, 0.2) is 0 Å². The number of unbranched alkanes of at least 4 members (excludes halogenated alkanes) is 9. The summed E-state index contributed by atoms with van der Waals surface area (Å²) in [6, 6.07) is 8.92. The van der Waals surface area contributed by atoms with Crippen LogP contribution >= 0.6 is 0 Å². The first kappa shape index (κ1) is 25.2. The number of carboxylic acids is 1. The lowest BCUT2D eigenvalue weighted by molar-refractivity contribution is 0.0696. The molecule has 6 nitrogen and oxygen atoms in total. The predicted octanol–water partition coefficient (Wildman–Crippen LogP) is 6.85. The zero-order valence-corrected chi connectivity index (χ0v) is 18.9. The van der Waals surface area contributed by atoms with Crippen LogP contribution in [-0.2, 0) is 0 Å². The number of aromatic hydroxyl groups is 2. The Morgan fingerprint density at radius 1 is 0.875 bits per heavy atom. The van der Waals surface area contributed by atoms with Crippen LogP contribution in [0.4, 0.5) is 5.69 Å². The molecule has 0 aliphatic rings. The highest BCUT2D eigenvalue weighted by atomic mass is 16.5. The van der Waals surface area contributed by atoms with Gasteiger partial charge in [-0.15, -0.1) is 0 Å². The van der Waals surface area contributed by atoms with Crippen molar-refractivity contribution < 1.29 is 24.9 Å². The third kappa shape index (κ3) is 9.00. The van der Waals surface area contributed by atoms with Crippen molar-refractivity contribution in [2.45, 2.75) is 71.1 Å². The maximum Gasteiger partial charge on any atom is 0.335 e. The molecule has 32 heavy (non-hydrogen) atoms. The standard InChI is InChI=1S/C26H35NO5/c1-2-3-4-5-6-7-8-9-10-11-16-32-22-14-15-23(25(29)18-22)27-19-21-13-12-20(26(30)31)17-24(21)28/h12-15,17-19,28-29H,2-11,16H2,1H3,(H,30,31). The molecule has 174 valence electrons. The second-order valence-corrected chi connectivity index (χ2v) is 8.02. The molecule has 0 aliphatic carbocycles. The van der Waals surface area contributed by atoms with E-state index in [1.54, 1.807) is 12.1 Å². The highest BCUT2D eigenvalue weighted by molar-refractivity contribution is 5.92. The number of hydrogen-bond acceptors (Lipinski definition) is 5. The number of ether oxygens (including phenoxy) is 1. The minimum Gasteiger partial charge on any atom is -0.507 e. The molecule has 0 unspecified atom stereocenters. The number of carbonyl (C=O) groups is 1. The molecule has 0 fully saturated rings. The minimum absolute atomic E-state index is 0.00796. The van der Waals surface area contributed by atoms with E-state index in [2.05, 4.69) is 11.9 Å². The number of nitrogens with zero attached hydrogens (tertiary/aromatic N) is 1. The molecule has 0 saturated carbocycles. The Labute approximate surface area is 190 Å². The molecular formula is C26H35NO5. The van der Waals surface area contributed by atoms with Crippen LogP contribution in [-0.4, -0.2) is 34.1 Å². The smallest absolute Gasteiger partial charge is 0.335 e. The third-order valence-electron chi connectivity index (χ3n) is 5.33. The normalized spacial score (nSPS) is 11.2. The average molecular weight is 442 g/mol. The van der Waals surface area contributed by atoms with Crippen molar-refractivity contribution in [3.63, 3.8) is 0 Å². The maximum absolute atomic E-state index is 10.9. The fourth-order valence-electron chi connectivity index (χ4n) is 3.41. The number of benzene rings is 2. The van der Waals surface area contributed by atoms with Crippen LogP contribution in [0.25, 0.3) is 0 Å². The van der Waals surface area contributed by atoms with E-state index in [-0.39, 0.29) is 17.1 Å². The molecule has 0 bridgehead atoms. The summed E-state index contributed by atoms with van der Waals surface area (Å²) < 4.78 is 5.72. The van der Waals surface area contributed by atoms with Gasteiger partial charge in [-0.3, -0.25) is 4.99 Å². The van der Waals surface area contributed by atoms with Gasteiger partial charge in [0.1, 0.15) is 22.9 Å². The van der Waals surface area contributed by atoms with Crippen LogP contribution in [0, 0.1) is 0 Å². The van der Waals surface area contributed by atoms with Gasteiger partial charge in [0, 0.05) is 17.8 Å². The van der Waals surface area contributed by atoms with Gasteiger partial charge >= 0.3 is 5.97 Å². The zero-order valence-electron chi connectivity index (χ0n) is 18.9. The lowest BCUT2D eigenvalue weighted by Crippen LogP contribution is -1.97. The van der Waals surface area contributed by atoms with E-state index in [1.807, 2.05) is 0 Å². The van der Waals surface area contributed by atoms with E-state index >= 15 is 0 Å². The van der Waals surface area contributed by atoms with Crippen LogP contribution in [0.3, 0.4) is 0 Å². The number of rotatable bonds is 15. The monoisotopic (exact) mass is 441 g/mol. The highest BCUT2D eigenvalue weighted by Crippen LogP contribution is 2.31. The SMILES string of the molecule is CCCCCCCCCCCCOc1ccc(N=Cc2ccc(C(=O)O)cc2O)c(O)c1. The van der Waals surface area contributed by atoms with Gasteiger partial charge in [0.2, 0.25) is 0 Å². The summed E-state index contributed by atoms with van der Waals surface area (Å²) in [5.74, 6) is -0.742. The molecule has 2 rings (SSSR count). The Kier molecular flexibility index (Phi) is 11.1. The molecule has 0 heterocycles. The van der Waals surface area contributed by atoms with Crippen LogP contribution in [0.15, 0.2) is 41.4 Å². The molecular weight excluding hydrogens is 406 g/mol. The van der Waals surface area contributed by atoms with Crippen LogP contribution in [0.5, 0.6) is 17.2 Å². The largest absolute Gasteiger partial charge is 0.507 e. The average Bonchev–Trinajstić information content (AvgIpc) is 2.77. The van der Waals surface area contributed by atoms with E-state index < -0.39 is 5.97 Å². The molecule has 0 amide bonds. The molecule has 6 heteroatoms. The van der Waals surface area contributed by atoms with Crippen molar-refractivity contribution in [3.05, 3.63) is 47.5 Å². The molecule has 0 aromatic heterocycles. The van der Waals surface area contributed by atoms with E-state index in [9.17, 15) is 15.0 Å². The third-order valence-corrected chi connectivity index (χ3v) is 5.33. The molecule has 0 spiro atoms. The number of aliphatic imine (C=N–C) groups is 1. The Balaban J connectivity index is 1.71. The van der Waals surface area contributed by atoms with E-state index in [4.69, 9.17) is 9.84 Å². The van der Waals surface area contributed by atoms with E-state index in [0.29, 0.717) is 23.6 Å². The quantitative estimate of drug-likeness (QED) is 0.207. The summed E-state index contributed by atoms with van der Waals surface area (Å²) in [6.07, 6.45) is 14.1. The van der Waals surface area contributed by atoms with Crippen molar-refractivity contribution in [1.82, 2.24) is 0 Å². The number of hydrogen-bond donors (Lipinski definition) is 3. The van der Waals surface area contributed by atoms with Gasteiger partial charge < -0.3 is 20.1 Å².